The van der Waals surface area contributed by atoms with Gasteiger partial charge in [-0.2, -0.15) is 0 Å². The third kappa shape index (κ3) is 4.33. The van der Waals surface area contributed by atoms with Gasteiger partial charge in [0.15, 0.2) is 0 Å². The van der Waals surface area contributed by atoms with E-state index in [2.05, 4.69) is 205 Å². The van der Waals surface area contributed by atoms with E-state index in [4.69, 9.17) is 0 Å². The molecule has 0 N–H and O–H groups in total. The number of benzene rings is 8. The van der Waals surface area contributed by atoms with Crippen molar-refractivity contribution in [3.05, 3.63) is 193 Å². The van der Waals surface area contributed by atoms with Crippen molar-refractivity contribution < 1.29 is 0 Å². The summed E-state index contributed by atoms with van der Waals surface area (Å²) in [7, 11) is 0. The Morgan fingerprint density at radius 2 is 0.943 bits per heavy atom. The monoisotopic (exact) mass is 676 g/mol. The second kappa shape index (κ2) is 11.2. The summed E-state index contributed by atoms with van der Waals surface area (Å²) in [6.07, 6.45) is 0. The molecule has 0 saturated carbocycles. The van der Waals surface area contributed by atoms with Crippen LogP contribution in [-0.2, 0) is 5.41 Å². The molecule has 2 nitrogen and oxygen atoms in total. The minimum atomic E-state index is -0.0905. The van der Waals surface area contributed by atoms with Crippen LogP contribution in [0, 0.1) is 0 Å². The molecule has 0 saturated heterocycles. The topological polar surface area (TPSA) is 9.86 Å². The van der Waals surface area contributed by atoms with E-state index in [1.807, 2.05) is 0 Å². The molecular weight excluding hydrogens is 641 g/mol. The van der Waals surface area contributed by atoms with E-state index in [0.29, 0.717) is 0 Å². The highest BCUT2D eigenvalue weighted by atomic mass is 15.0. The predicted molar refractivity (Wildman–Crippen MR) is 224 cm³/mol. The van der Waals surface area contributed by atoms with Crippen molar-refractivity contribution in [2.75, 3.05) is 0 Å². The molecule has 2 aromatic heterocycles. The van der Waals surface area contributed by atoms with Gasteiger partial charge in [-0.15, -0.1) is 0 Å². The molecule has 0 aliphatic heterocycles. The molecule has 0 amide bonds. The first-order valence-electron chi connectivity index (χ1n) is 18.5. The van der Waals surface area contributed by atoms with Crippen LogP contribution >= 0.6 is 0 Å². The largest absolute Gasteiger partial charge is 0.309 e. The number of rotatable bonds is 4. The quantitative estimate of drug-likeness (QED) is 0.176. The molecule has 0 unspecified atom stereocenters. The molecule has 11 rings (SSSR count). The van der Waals surface area contributed by atoms with Crippen LogP contribution in [-0.4, -0.2) is 9.13 Å². The summed E-state index contributed by atoms with van der Waals surface area (Å²) in [5.41, 5.74) is 17.5. The Balaban J connectivity index is 1.18. The fraction of sp³-hybridized carbons (Fsp3) is 0.0588. The SMILES string of the molecule is CC1(C)c2ccccc2-c2c1ccc1c3cc(-c4ccc5c(c4)c4ccccc4n5-c4ccccc4)ccc3n(-c3cccc(-c4ccccc4)c3)c21. The Bertz CT molecular complexity index is 3070. The van der Waals surface area contributed by atoms with Gasteiger partial charge in [-0.05, 0) is 93.5 Å². The van der Waals surface area contributed by atoms with Crippen LogP contribution in [0.25, 0.3) is 88.4 Å². The summed E-state index contributed by atoms with van der Waals surface area (Å²) in [6.45, 7) is 4.74. The molecule has 1 aliphatic carbocycles. The normalized spacial score (nSPS) is 13.2. The van der Waals surface area contributed by atoms with Crippen molar-refractivity contribution in [3.8, 4) is 44.8 Å². The van der Waals surface area contributed by atoms with E-state index < -0.39 is 0 Å². The maximum absolute atomic E-state index is 2.52. The molecule has 1 aliphatic rings. The highest BCUT2D eigenvalue weighted by Gasteiger charge is 2.37. The fourth-order valence-corrected chi connectivity index (χ4v) is 9.20. The van der Waals surface area contributed by atoms with E-state index in [-0.39, 0.29) is 5.41 Å². The van der Waals surface area contributed by atoms with Crippen LogP contribution in [0.15, 0.2) is 182 Å². The van der Waals surface area contributed by atoms with Crippen LogP contribution in [0.3, 0.4) is 0 Å². The van der Waals surface area contributed by atoms with Gasteiger partial charge in [0.2, 0.25) is 0 Å². The van der Waals surface area contributed by atoms with Gasteiger partial charge in [-0.25, -0.2) is 0 Å². The molecule has 10 aromatic rings. The third-order valence-corrected chi connectivity index (χ3v) is 11.7. The first kappa shape index (κ1) is 30.0. The molecule has 0 bridgehead atoms. The number of aromatic nitrogens is 2. The molecule has 8 aromatic carbocycles. The summed E-state index contributed by atoms with van der Waals surface area (Å²) in [5, 5.41) is 5.07. The van der Waals surface area contributed by atoms with Crippen molar-refractivity contribution in [1.82, 2.24) is 9.13 Å². The molecule has 0 spiro atoms. The zero-order valence-electron chi connectivity index (χ0n) is 29.7. The summed E-state index contributed by atoms with van der Waals surface area (Å²) in [4.78, 5) is 0. The summed E-state index contributed by atoms with van der Waals surface area (Å²) in [5.74, 6) is 0. The second-order valence-corrected chi connectivity index (χ2v) is 15.0. The average Bonchev–Trinajstić information content (AvgIpc) is 3.81. The number of hydrogen-bond donors (Lipinski definition) is 0. The second-order valence-electron chi connectivity index (χ2n) is 15.0. The van der Waals surface area contributed by atoms with E-state index in [0.717, 1.165) is 0 Å². The van der Waals surface area contributed by atoms with Gasteiger partial charge in [0.25, 0.3) is 0 Å². The number of para-hydroxylation sites is 2. The first-order valence-corrected chi connectivity index (χ1v) is 18.5. The Labute approximate surface area is 308 Å². The van der Waals surface area contributed by atoms with Crippen molar-refractivity contribution in [2.45, 2.75) is 19.3 Å². The van der Waals surface area contributed by atoms with Crippen molar-refractivity contribution in [2.24, 2.45) is 0 Å². The van der Waals surface area contributed by atoms with Crippen molar-refractivity contribution >= 4 is 43.6 Å². The summed E-state index contributed by atoms with van der Waals surface area (Å²) in [6, 6.07) is 67.0. The predicted octanol–water partition coefficient (Wildman–Crippen LogP) is 13.5. The fourth-order valence-electron chi connectivity index (χ4n) is 9.20. The molecule has 250 valence electrons. The van der Waals surface area contributed by atoms with E-state index >= 15 is 0 Å². The summed E-state index contributed by atoms with van der Waals surface area (Å²) < 4.78 is 4.91. The van der Waals surface area contributed by atoms with Crippen molar-refractivity contribution in [1.29, 1.82) is 0 Å². The maximum atomic E-state index is 2.52. The lowest BCUT2D eigenvalue weighted by atomic mass is 9.82. The van der Waals surface area contributed by atoms with E-state index in [1.54, 1.807) is 0 Å². The van der Waals surface area contributed by atoms with Crippen molar-refractivity contribution in [3.63, 3.8) is 0 Å². The molecular formula is C51H36N2. The zero-order chi connectivity index (χ0) is 35.3. The Morgan fingerprint density at radius 1 is 0.358 bits per heavy atom. The third-order valence-electron chi connectivity index (χ3n) is 11.7. The van der Waals surface area contributed by atoms with Gasteiger partial charge >= 0.3 is 0 Å². The van der Waals surface area contributed by atoms with Gasteiger partial charge in [0, 0.05) is 43.9 Å². The van der Waals surface area contributed by atoms with E-state index in [9.17, 15) is 0 Å². The number of nitrogens with zero attached hydrogens (tertiary/aromatic N) is 2. The van der Waals surface area contributed by atoms with Gasteiger partial charge in [0.1, 0.15) is 0 Å². The van der Waals surface area contributed by atoms with E-state index in [1.165, 1.54) is 99.5 Å². The molecule has 0 fully saturated rings. The summed E-state index contributed by atoms with van der Waals surface area (Å²) >= 11 is 0. The standard InChI is InChI=1S/C51H36N2/c1-51(2)44-22-11-9-21-41(44)49-45(51)27-26-40-43-32-36(25-29-48(43)53(50(40)49)38-19-13-16-34(30-38)33-14-5-3-6-15-33)35-24-28-47-42(31-35)39-20-10-12-23-46(39)52(47)37-17-7-4-8-18-37/h3-32H,1-2H3. The molecule has 2 heteroatoms. The lowest BCUT2D eigenvalue weighted by Gasteiger charge is -2.21. The van der Waals surface area contributed by atoms with Gasteiger partial charge in [0.05, 0.1) is 22.1 Å². The molecule has 53 heavy (non-hydrogen) atoms. The van der Waals surface area contributed by atoms with Crippen LogP contribution in [0.5, 0.6) is 0 Å². The maximum Gasteiger partial charge on any atom is 0.0622 e. The first-order chi connectivity index (χ1) is 26.1. The van der Waals surface area contributed by atoms with Crippen LogP contribution in [0.4, 0.5) is 0 Å². The molecule has 0 radical (unpaired) electrons. The van der Waals surface area contributed by atoms with Gasteiger partial charge in [-0.3, -0.25) is 0 Å². The molecule has 2 heterocycles. The smallest absolute Gasteiger partial charge is 0.0622 e. The highest BCUT2D eigenvalue weighted by molar-refractivity contribution is 6.17. The van der Waals surface area contributed by atoms with Crippen LogP contribution in [0.2, 0.25) is 0 Å². The number of fused-ring (bicyclic) bond motifs is 10. The Hall–Kier alpha value is -6.64. The minimum Gasteiger partial charge on any atom is -0.309 e. The lowest BCUT2D eigenvalue weighted by molar-refractivity contribution is 0.661. The van der Waals surface area contributed by atoms with Gasteiger partial charge < -0.3 is 9.13 Å². The van der Waals surface area contributed by atoms with Gasteiger partial charge in [-0.1, -0.05) is 141 Å². The Kier molecular flexibility index (Phi) is 6.33. The lowest BCUT2D eigenvalue weighted by Crippen LogP contribution is -2.14. The average molecular weight is 677 g/mol. The Morgan fingerprint density at radius 3 is 1.74 bits per heavy atom. The highest BCUT2D eigenvalue weighted by Crippen LogP contribution is 2.53. The van der Waals surface area contributed by atoms with Crippen LogP contribution in [0.1, 0.15) is 25.0 Å². The number of hydrogen-bond acceptors (Lipinski definition) is 0. The molecule has 0 atom stereocenters. The minimum absolute atomic E-state index is 0.0905. The zero-order valence-corrected chi connectivity index (χ0v) is 29.7. The van der Waals surface area contributed by atoms with Crippen LogP contribution < -0.4 is 0 Å².